The Hall–Kier alpha value is -1.39. The van der Waals surface area contributed by atoms with Crippen molar-refractivity contribution in [3.8, 4) is 0 Å². The number of carbonyl (C=O) groups excluding carboxylic acids is 1. The van der Waals surface area contributed by atoms with Gasteiger partial charge in [-0.3, -0.25) is 4.79 Å². The van der Waals surface area contributed by atoms with Gasteiger partial charge in [0, 0.05) is 12.8 Å². The van der Waals surface area contributed by atoms with Gasteiger partial charge in [-0.1, -0.05) is 12.1 Å². The van der Waals surface area contributed by atoms with Gasteiger partial charge in [-0.25, -0.2) is 0 Å². The fourth-order valence-corrected chi connectivity index (χ4v) is 1.11. The number of nitrogens with one attached hydrogen (secondary N) is 1. The van der Waals surface area contributed by atoms with E-state index >= 15 is 0 Å². The first kappa shape index (κ1) is 11.7. The lowest BCUT2D eigenvalue weighted by Crippen LogP contribution is -2.32. The van der Waals surface area contributed by atoms with Gasteiger partial charge in [-0.2, -0.15) is 0 Å². The van der Waals surface area contributed by atoms with E-state index in [9.17, 15) is 4.79 Å². The molecule has 82 valence electrons. The molecule has 0 fully saturated rings. The molecule has 1 rings (SSSR count). The number of ether oxygens (including phenoxy) is 1. The van der Waals surface area contributed by atoms with Gasteiger partial charge in [-0.15, -0.1) is 0 Å². The van der Waals surface area contributed by atoms with Gasteiger partial charge < -0.3 is 15.8 Å². The molecule has 3 N–H and O–H groups in total. The highest BCUT2D eigenvalue weighted by molar-refractivity contribution is 5.94. The van der Waals surface area contributed by atoms with Crippen LogP contribution in [0, 0.1) is 0 Å². The predicted octanol–water partition coefficient (Wildman–Crippen LogP) is 1.12. The van der Waals surface area contributed by atoms with Crippen LogP contribution in [0.25, 0.3) is 0 Å². The molecule has 15 heavy (non-hydrogen) atoms. The van der Waals surface area contributed by atoms with Crippen molar-refractivity contribution in [2.24, 2.45) is 5.73 Å². The Labute approximate surface area is 89.4 Å². The molecule has 0 saturated heterocycles. The maximum Gasteiger partial charge on any atom is 0.240 e. The fraction of sp³-hybridized carbons (Fsp3) is 0.364. The summed E-state index contributed by atoms with van der Waals surface area (Å²) in [5, 5.41) is 2.71. The zero-order valence-corrected chi connectivity index (χ0v) is 8.99. The number of carbonyl (C=O) groups is 1. The fourth-order valence-electron chi connectivity index (χ4n) is 1.11. The Kier molecular flexibility index (Phi) is 4.27. The molecule has 0 spiro atoms. The van der Waals surface area contributed by atoms with Crippen molar-refractivity contribution >= 4 is 11.6 Å². The van der Waals surface area contributed by atoms with Crippen LogP contribution in [0.5, 0.6) is 0 Å². The van der Waals surface area contributed by atoms with E-state index in [0.29, 0.717) is 6.61 Å². The monoisotopic (exact) mass is 208 g/mol. The Balaban J connectivity index is 2.60. The van der Waals surface area contributed by atoms with Crippen LogP contribution in [0.3, 0.4) is 0 Å². The van der Waals surface area contributed by atoms with Crippen LogP contribution in [0.15, 0.2) is 24.3 Å². The lowest BCUT2D eigenvalue weighted by atomic mass is 10.2. The third-order valence-electron chi connectivity index (χ3n) is 1.95. The molecule has 0 bridgehead atoms. The van der Waals surface area contributed by atoms with Crippen LogP contribution in [-0.2, 0) is 16.1 Å². The number of hydrogen-bond acceptors (Lipinski definition) is 3. The molecule has 0 aromatic heterocycles. The standard InChI is InChI=1S/C11H16N2O2/c1-8(12)11(14)13-10-5-3-9(4-6-10)7-15-2/h3-6,8H,7,12H2,1-2H3,(H,13,14). The highest BCUT2D eigenvalue weighted by atomic mass is 16.5. The maximum atomic E-state index is 11.3. The molecule has 1 amide bonds. The van der Waals surface area contributed by atoms with Crippen molar-refractivity contribution in [1.82, 2.24) is 0 Å². The third kappa shape index (κ3) is 3.69. The molecule has 4 heteroatoms. The van der Waals surface area contributed by atoms with E-state index in [-0.39, 0.29) is 5.91 Å². The van der Waals surface area contributed by atoms with Crippen LogP contribution < -0.4 is 11.1 Å². The van der Waals surface area contributed by atoms with Crippen molar-refractivity contribution in [3.05, 3.63) is 29.8 Å². The Bertz CT molecular complexity index is 320. The first-order valence-corrected chi connectivity index (χ1v) is 4.78. The Morgan fingerprint density at radius 1 is 1.47 bits per heavy atom. The summed E-state index contributed by atoms with van der Waals surface area (Å²) < 4.78 is 4.98. The van der Waals surface area contributed by atoms with Crippen LogP contribution in [0.4, 0.5) is 5.69 Å². The topological polar surface area (TPSA) is 64.3 Å². The van der Waals surface area contributed by atoms with Crippen molar-refractivity contribution in [2.45, 2.75) is 19.6 Å². The third-order valence-corrected chi connectivity index (χ3v) is 1.95. The summed E-state index contributed by atoms with van der Waals surface area (Å²) in [6, 6.07) is 6.97. The number of methoxy groups -OCH3 is 1. The quantitative estimate of drug-likeness (QED) is 0.779. The van der Waals surface area contributed by atoms with Crippen molar-refractivity contribution in [3.63, 3.8) is 0 Å². The molecule has 0 aliphatic heterocycles. The minimum atomic E-state index is -0.497. The normalized spacial score (nSPS) is 12.2. The first-order valence-electron chi connectivity index (χ1n) is 4.78. The zero-order valence-electron chi connectivity index (χ0n) is 8.99. The predicted molar refractivity (Wildman–Crippen MR) is 59.4 cm³/mol. The molecule has 1 aromatic rings. The number of nitrogens with two attached hydrogens (primary N) is 1. The van der Waals surface area contributed by atoms with Gasteiger partial charge in [0.15, 0.2) is 0 Å². The highest BCUT2D eigenvalue weighted by Gasteiger charge is 2.06. The van der Waals surface area contributed by atoms with E-state index in [1.165, 1.54) is 0 Å². The summed E-state index contributed by atoms with van der Waals surface area (Å²) in [7, 11) is 1.64. The highest BCUT2D eigenvalue weighted by Crippen LogP contribution is 2.10. The summed E-state index contributed by atoms with van der Waals surface area (Å²) in [6.07, 6.45) is 0. The number of benzene rings is 1. The second-order valence-corrected chi connectivity index (χ2v) is 3.41. The first-order chi connectivity index (χ1) is 7.13. The summed E-state index contributed by atoms with van der Waals surface area (Å²) in [6.45, 7) is 2.22. The van der Waals surface area contributed by atoms with Crippen LogP contribution in [0.2, 0.25) is 0 Å². The van der Waals surface area contributed by atoms with Crippen molar-refractivity contribution < 1.29 is 9.53 Å². The average molecular weight is 208 g/mol. The van der Waals surface area contributed by atoms with E-state index in [0.717, 1.165) is 11.3 Å². The number of hydrogen-bond donors (Lipinski definition) is 2. The average Bonchev–Trinajstić information content (AvgIpc) is 2.21. The molecular weight excluding hydrogens is 192 g/mol. The summed E-state index contributed by atoms with van der Waals surface area (Å²) in [5.74, 6) is -0.186. The summed E-state index contributed by atoms with van der Waals surface area (Å²) in [4.78, 5) is 11.3. The van der Waals surface area contributed by atoms with Gasteiger partial charge in [0.25, 0.3) is 0 Å². The molecule has 0 aliphatic rings. The lowest BCUT2D eigenvalue weighted by molar-refractivity contribution is -0.117. The van der Waals surface area contributed by atoms with Gasteiger partial charge in [0.1, 0.15) is 0 Å². The minimum absolute atomic E-state index is 0.186. The minimum Gasteiger partial charge on any atom is -0.380 e. The van der Waals surface area contributed by atoms with E-state index in [2.05, 4.69) is 5.32 Å². The van der Waals surface area contributed by atoms with E-state index in [4.69, 9.17) is 10.5 Å². The van der Waals surface area contributed by atoms with Crippen LogP contribution in [0.1, 0.15) is 12.5 Å². The largest absolute Gasteiger partial charge is 0.380 e. The molecule has 0 saturated carbocycles. The number of anilines is 1. The maximum absolute atomic E-state index is 11.3. The molecular formula is C11H16N2O2. The Morgan fingerprint density at radius 3 is 2.53 bits per heavy atom. The molecule has 0 aliphatic carbocycles. The lowest BCUT2D eigenvalue weighted by Gasteiger charge is -2.08. The molecule has 0 radical (unpaired) electrons. The number of rotatable bonds is 4. The Morgan fingerprint density at radius 2 is 2.07 bits per heavy atom. The van der Waals surface area contributed by atoms with Crippen molar-refractivity contribution in [1.29, 1.82) is 0 Å². The van der Waals surface area contributed by atoms with Gasteiger partial charge in [-0.05, 0) is 24.6 Å². The molecule has 1 atom stereocenters. The zero-order chi connectivity index (χ0) is 11.3. The van der Waals surface area contributed by atoms with E-state index < -0.39 is 6.04 Å². The van der Waals surface area contributed by atoms with Crippen molar-refractivity contribution in [2.75, 3.05) is 12.4 Å². The smallest absolute Gasteiger partial charge is 0.240 e. The van der Waals surface area contributed by atoms with Gasteiger partial charge in [0.05, 0.1) is 12.6 Å². The SMILES string of the molecule is COCc1ccc(NC(=O)C(C)N)cc1. The van der Waals surface area contributed by atoms with Gasteiger partial charge in [0.2, 0.25) is 5.91 Å². The molecule has 0 heterocycles. The second kappa shape index (κ2) is 5.48. The summed E-state index contributed by atoms with van der Waals surface area (Å²) >= 11 is 0. The van der Waals surface area contributed by atoms with E-state index in [1.807, 2.05) is 24.3 Å². The molecule has 4 nitrogen and oxygen atoms in total. The van der Waals surface area contributed by atoms with E-state index in [1.54, 1.807) is 14.0 Å². The summed E-state index contributed by atoms with van der Waals surface area (Å²) in [5.41, 5.74) is 7.24. The molecule has 1 unspecified atom stereocenters. The second-order valence-electron chi connectivity index (χ2n) is 3.41. The molecule has 1 aromatic carbocycles. The number of amides is 1. The van der Waals surface area contributed by atoms with Gasteiger partial charge >= 0.3 is 0 Å². The van der Waals surface area contributed by atoms with Crippen LogP contribution >= 0.6 is 0 Å². The van der Waals surface area contributed by atoms with Crippen LogP contribution in [-0.4, -0.2) is 19.1 Å².